The number of Topliss-reactive ketones (excluding diaryl/α,β-unsaturated/α-hetero) is 1. The molecule has 8 heteroatoms. The van der Waals surface area contributed by atoms with Gasteiger partial charge in [-0.3, -0.25) is 14.5 Å². The second kappa shape index (κ2) is 10.5. The van der Waals surface area contributed by atoms with Crippen LogP contribution in [-0.4, -0.2) is 50.7 Å². The van der Waals surface area contributed by atoms with E-state index in [1.807, 2.05) is 56.3 Å². The molecule has 2 aliphatic heterocycles. The molecular formula is C30H30N2O6. The van der Waals surface area contributed by atoms with Crippen LogP contribution in [0.4, 0.5) is 11.4 Å². The standard InChI is InChI=1S/C30H30N2O6/c1-4-14-36-23-7-5-6-22(18-23)32-27(19-8-11-21(12-9-19)31(2)3)26(29(34)30(32)35)28(33)20-10-13-24-25(17-20)38-16-15-37-24/h5-13,17-18,27,33H,4,14-16H2,1-3H3/b28-26-. The molecule has 1 amide bonds. The van der Waals surface area contributed by atoms with Crippen molar-refractivity contribution in [1.82, 2.24) is 0 Å². The van der Waals surface area contributed by atoms with Crippen LogP contribution in [0.3, 0.4) is 0 Å². The Hall–Kier alpha value is -4.46. The van der Waals surface area contributed by atoms with Crippen molar-refractivity contribution in [3.63, 3.8) is 0 Å². The van der Waals surface area contributed by atoms with Crippen LogP contribution < -0.4 is 24.0 Å². The lowest BCUT2D eigenvalue weighted by atomic mass is 9.94. The summed E-state index contributed by atoms with van der Waals surface area (Å²) in [4.78, 5) is 30.4. The maximum absolute atomic E-state index is 13.5. The Kier molecular flexibility index (Phi) is 6.96. The first-order chi connectivity index (χ1) is 18.4. The molecule has 1 unspecified atom stereocenters. The average molecular weight is 515 g/mol. The van der Waals surface area contributed by atoms with E-state index in [1.165, 1.54) is 4.90 Å². The Morgan fingerprint density at radius 3 is 2.45 bits per heavy atom. The molecule has 5 rings (SSSR count). The molecule has 2 heterocycles. The number of amides is 1. The van der Waals surface area contributed by atoms with Crippen LogP contribution in [0.25, 0.3) is 5.76 Å². The van der Waals surface area contributed by atoms with Crippen molar-refractivity contribution in [2.45, 2.75) is 19.4 Å². The number of hydrogen-bond acceptors (Lipinski definition) is 7. The van der Waals surface area contributed by atoms with Crippen molar-refractivity contribution < 1.29 is 28.9 Å². The minimum atomic E-state index is -0.846. The summed E-state index contributed by atoms with van der Waals surface area (Å²) in [5, 5.41) is 11.5. The van der Waals surface area contributed by atoms with E-state index in [0.717, 1.165) is 12.1 Å². The van der Waals surface area contributed by atoms with Gasteiger partial charge in [-0.15, -0.1) is 0 Å². The first-order valence-corrected chi connectivity index (χ1v) is 12.6. The number of carbonyl (C=O) groups excluding carboxylic acids is 2. The molecule has 1 N–H and O–H groups in total. The van der Waals surface area contributed by atoms with E-state index in [0.29, 0.717) is 53.9 Å². The molecule has 0 aromatic heterocycles. The largest absolute Gasteiger partial charge is 0.507 e. The summed E-state index contributed by atoms with van der Waals surface area (Å²) in [6.07, 6.45) is 0.836. The van der Waals surface area contributed by atoms with E-state index in [1.54, 1.807) is 36.4 Å². The van der Waals surface area contributed by atoms with Gasteiger partial charge in [0.25, 0.3) is 11.7 Å². The number of ketones is 1. The molecule has 0 bridgehead atoms. The number of nitrogens with zero attached hydrogens (tertiary/aromatic N) is 2. The molecule has 8 nitrogen and oxygen atoms in total. The van der Waals surface area contributed by atoms with Crippen LogP contribution in [0.2, 0.25) is 0 Å². The second-order valence-corrected chi connectivity index (χ2v) is 9.36. The third kappa shape index (κ3) is 4.65. The Labute approximate surface area is 221 Å². The lowest BCUT2D eigenvalue weighted by Gasteiger charge is -2.26. The summed E-state index contributed by atoms with van der Waals surface area (Å²) in [6.45, 7) is 3.36. The molecule has 0 saturated carbocycles. The zero-order valence-electron chi connectivity index (χ0n) is 21.6. The summed E-state index contributed by atoms with van der Waals surface area (Å²) in [5.74, 6) is -0.129. The Morgan fingerprint density at radius 2 is 1.74 bits per heavy atom. The molecule has 3 aromatic rings. The minimum absolute atomic E-state index is 0.00385. The van der Waals surface area contributed by atoms with Gasteiger partial charge in [-0.2, -0.15) is 0 Å². The second-order valence-electron chi connectivity index (χ2n) is 9.36. The third-order valence-electron chi connectivity index (χ3n) is 6.55. The predicted molar refractivity (Wildman–Crippen MR) is 145 cm³/mol. The lowest BCUT2D eigenvalue weighted by molar-refractivity contribution is -0.132. The summed E-state index contributed by atoms with van der Waals surface area (Å²) in [5.41, 5.74) is 2.52. The number of hydrogen-bond donors (Lipinski definition) is 1. The van der Waals surface area contributed by atoms with Crippen molar-refractivity contribution in [2.24, 2.45) is 0 Å². The van der Waals surface area contributed by atoms with Gasteiger partial charge in [-0.25, -0.2) is 0 Å². The number of ether oxygens (including phenoxy) is 3. The normalized spacial score (nSPS) is 18.0. The SMILES string of the molecule is CCCOc1cccc(N2C(=O)C(=O)/C(=C(\O)c3ccc4c(c3)OCCO4)C2c2ccc(N(C)C)cc2)c1. The van der Waals surface area contributed by atoms with E-state index in [2.05, 4.69) is 0 Å². The van der Waals surface area contributed by atoms with E-state index < -0.39 is 17.7 Å². The number of aliphatic hydroxyl groups is 1. The summed E-state index contributed by atoms with van der Waals surface area (Å²) in [7, 11) is 3.87. The van der Waals surface area contributed by atoms with Gasteiger partial charge in [0, 0.05) is 37.1 Å². The molecule has 1 fully saturated rings. The van der Waals surface area contributed by atoms with Gasteiger partial charge in [0.05, 0.1) is 18.2 Å². The van der Waals surface area contributed by atoms with Gasteiger partial charge in [0.15, 0.2) is 11.5 Å². The van der Waals surface area contributed by atoms with Gasteiger partial charge in [0.2, 0.25) is 0 Å². The van der Waals surface area contributed by atoms with Crippen LogP contribution in [-0.2, 0) is 9.59 Å². The Balaban J connectivity index is 1.65. The average Bonchev–Trinajstić information content (AvgIpc) is 3.21. The van der Waals surface area contributed by atoms with Crippen LogP contribution in [0.15, 0.2) is 72.3 Å². The molecule has 3 aromatic carbocycles. The molecule has 2 aliphatic rings. The molecule has 0 spiro atoms. The summed E-state index contributed by atoms with van der Waals surface area (Å²) in [6, 6.07) is 18.8. The highest BCUT2D eigenvalue weighted by atomic mass is 16.6. The third-order valence-corrected chi connectivity index (χ3v) is 6.55. The van der Waals surface area contributed by atoms with Gasteiger partial charge >= 0.3 is 0 Å². The number of fused-ring (bicyclic) bond motifs is 1. The van der Waals surface area contributed by atoms with E-state index in [9.17, 15) is 14.7 Å². The van der Waals surface area contributed by atoms with Crippen molar-refractivity contribution in [2.75, 3.05) is 43.7 Å². The number of carbonyl (C=O) groups is 2. The smallest absolute Gasteiger partial charge is 0.300 e. The zero-order valence-corrected chi connectivity index (χ0v) is 21.6. The van der Waals surface area contributed by atoms with E-state index >= 15 is 0 Å². The van der Waals surface area contributed by atoms with Gasteiger partial charge in [-0.05, 0) is 54.4 Å². The van der Waals surface area contributed by atoms with Gasteiger partial charge < -0.3 is 24.2 Å². The number of benzene rings is 3. The molecule has 0 radical (unpaired) electrons. The Bertz CT molecular complexity index is 1400. The highest BCUT2D eigenvalue weighted by molar-refractivity contribution is 6.51. The fourth-order valence-electron chi connectivity index (χ4n) is 4.66. The molecule has 196 valence electrons. The van der Waals surface area contributed by atoms with Gasteiger partial charge in [-0.1, -0.05) is 25.1 Å². The highest BCUT2D eigenvalue weighted by Crippen LogP contribution is 2.44. The molecule has 38 heavy (non-hydrogen) atoms. The van der Waals surface area contributed by atoms with Crippen molar-refractivity contribution >= 4 is 28.8 Å². The van der Waals surface area contributed by atoms with Crippen molar-refractivity contribution in [3.8, 4) is 17.2 Å². The number of rotatable bonds is 7. The summed E-state index contributed by atoms with van der Waals surface area (Å²) < 4.78 is 17.0. The van der Waals surface area contributed by atoms with Crippen LogP contribution in [0.5, 0.6) is 17.2 Å². The molecule has 1 saturated heterocycles. The van der Waals surface area contributed by atoms with Gasteiger partial charge in [0.1, 0.15) is 24.7 Å². The van der Waals surface area contributed by atoms with Crippen LogP contribution in [0.1, 0.15) is 30.5 Å². The lowest BCUT2D eigenvalue weighted by Crippen LogP contribution is -2.29. The monoisotopic (exact) mass is 514 g/mol. The maximum Gasteiger partial charge on any atom is 0.300 e. The molecular weight excluding hydrogens is 484 g/mol. The summed E-state index contributed by atoms with van der Waals surface area (Å²) >= 11 is 0. The quantitative estimate of drug-likeness (QED) is 0.271. The minimum Gasteiger partial charge on any atom is -0.507 e. The first-order valence-electron chi connectivity index (χ1n) is 12.6. The fourth-order valence-corrected chi connectivity index (χ4v) is 4.66. The molecule has 1 atom stereocenters. The van der Waals surface area contributed by atoms with Crippen LogP contribution >= 0.6 is 0 Å². The number of aliphatic hydroxyl groups excluding tert-OH is 1. The Morgan fingerprint density at radius 1 is 1.00 bits per heavy atom. The predicted octanol–water partition coefficient (Wildman–Crippen LogP) is 4.94. The number of anilines is 2. The maximum atomic E-state index is 13.5. The van der Waals surface area contributed by atoms with Crippen molar-refractivity contribution in [1.29, 1.82) is 0 Å². The molecule has 0 aliphatic carbocycles. The van der Waals surface area contributed by atoms with Crippen LogP contribution in [0, 0.1) is 0 Å². The first kappa shape index (κ1) is 25.2. The fraction of sp³-hybridized carbons (Fsp3) is 0.267. The van der Waals surface area contributed by atoms with Crippen molar-refractivity contribution in [3.05, 3.63) is 83.4 Å². The zero-order chi connectivity index (χ0) is 26.8. The highest BCUT2D eigenvalue weighted by Gasteiger charge is 2.47. The van der Waals surface area contributed by atoms with E-state index in [-0.39, 0.29) is 11.3 Å². The topological polar surface area (TPSA) is 88.5 Å². The van der Waals surface area contributed by atoms with E-state index in [4.69, 9.17) is 14.2 Å².